The zero-order valence-electron chi connectivity index (χ0n) is 23.0. The first kappa shape index (κ1) is 26.2. The Labute approximate surface area is 239 Å². The van der Waals surface area contributed by atoms with Crippen LogP contribution in [0.3, 0.4) is 0 Å². The minimum absolute atomic E-state index is 0.0223. The van der Waals surface area contributed by atoms with Crippen molar-refractivity contribution < 1.29 is 9.53 Å². The predicted molar refractivity (Wildman–Crippen MR) is 159 cm³/mol. The number of anilines is 2. The summed E-state index contributed by atoms with van der Waals surface area (Å²) < 4.78 is 7.10. The smallest absolute Gasteiger partial charge is 0.254 e. The summed E-state index contributed by atoms with van der Waals surface area (Å²) in [6.07, 6.45) is 3.48. The van der Waals surface area contributed by atoms with Gasteiger partial charge in [0.05, 0.1) is 25.1 Å². The Morgan fingerprint density at radius 3 is 2.56 bits per heavy atom. The first-order valence-corrected chi connectivity index (χ1v) is 13.7. The largest absolute Gasteiger partial charge is 0.378 e. The molecule has 1 fully saturated rings. The highest BCUT2D eigenvalue weighted by atomic mass is 16.5. The lowest BCUT2D eigenvalue weighted by atomic mass is 10.0. The van der Waals surface area contributed by atoms with Crippen LogP contribution in [0.2, 0.25) is 0 Å². The second-order valence-corrected chi connectivity index (χ2v) is 10.2. The highest BCUT2D eigenvalue weighted by Gasteiger charge is 2.18. The molecule has 8 nitrogen and oxygen atoms in total. The van der Waals surface area contributed by atoms with Crippen LogP contribution < -0.4 is 5.32 Å². The van der Waals surface area contributed by atoms with Crippen LogP contribution in [0.15, 0.2) is 85.2 Å². The van der Waals surface area contributed by atoms with Gasteiger partial charge < -0.3 is 15.0 Å². The molecule has 1 aliphatic heterocycles. The van der Waals surface area contributed by atoms with Crippen LogP contribution in [-0.4, -0.2) is 56.7 Å². The molecule has 1 amide bonds. The number of carbonyl (C=O) groups excluding carboxylic acids is 1. The molecule has 0 bridgehead atoms. The van der Waals surface area contributed by atoms with Crippen molar-refractivity contribution in [1.29, 1.82) is 0 Å². The lowest BCUT2D eigenvalue weighted by Crippen LogP contribution is -2.40. The number of para-hydroxylation sites is 1. The number of benzene rings is 2. The van der Waals surface area contributed by atoms with E-state index in [9.17, 15) is 4.79 Å². The number of nitrogens with one attached hydrogen (secondary N) is 1. The van der Waals surface area contributed by atoms with Crippen molar-refractivity contribution in [2.75, 3.05) is 31.6 Å². The van der Waals surface area contributed by atoms with Crippen LogP contribution in [-0.2, 0) is 4.74 Å². The van der Waals surface area contributed by atoms with Gasteiger partial charge in [-0.05, 0) is 59.9 Å². The number of amides is 1. The fraction of sp³-hybridized carbons (Fsp3) is 0.212. The number of morpholine rings is 1. The number of carbonyl (C=O) groups is 1. The first-order chi connectivity index (χ1) is 20.0. The Balaban J connectivity index is 1.22. The number of ether oxygens (including phenoxy) is 1. The number of imidazole rings is 1. The maximum atomic E-state index is 12.8. The minimum Gasteiger partial charge on any atom is -0.378 e. The van der Waals surface area contributed by atoms with Gasteiger partial charge in [0, 0.05) is 41.7 Å². The molecule has 0 atom stereocenters. The van der Waals surface area contributed by atoms with E-state index < -0.39 is 0 Å². The van der Waals surface area contributed by atoms with Crippen molar-refractivity contribution in [2.45, 2.75) is 19.8 Å². The standard InChI is InChI=1S/C33H30N6O2/c1-23(2)28-5-3-4-6-30(28)36-31-21-24(15-16-34-31)7-12-27-22-35-32-14-13-29(37-39(27)32)25-8-10-26(11-9-25)33(40)38-17-19-41-20-18-38/h3-6,8-11,13-16,21-23H,17-20H2,1-2H3,(H,34,36). The molecular formula is C33H30N6O2. The van der Waals surface area contributed by atoms with E-state index in [0.29, 0.717) is 49.1 Å². The normalized spacial score (nSPS) is 13.2. The molecule has 1 aliphatic rings. The van der Waals surface area contributed by atoms with E-state index in [4.69, 9.17) is 9.84 Å². The van der Waals surface area contributed by atoms with Gasteiger partial charge in [-0.3, -0.25) is 4.79 Å². The van der Waals surface area contributed by atoms with Crippen LogP contribution >= 0.6 is 0 Å². The number of rotatable bonds is 5. The SMILES string of the molecule is CC(C)c1ccccc1Nc1cc(C#Cc2cnc3ccc(-c4ccc(C(=O)N5CCOCC5)cc4)nn23)ccn1. The van der Waals surface area contributed by atoms with Gasteiger partial charge in [-0.15, -0.1) is 0 Å². The van der Waals surface area contributed by atoms with Gasteiger partial charge in [0.1, 0.15) is 11.5 Å². The summed E-state index contributed by atoms with van der Waals surface area (Å²) in [5.41, 5.74) is 6.82. The number of nitrogens with zero attached hydrogens (tertiary/aromatic N) is 5. The Kier molecular flexibility index (Phi) is 7.44. The van der Waals surface area contributed by atoms with Crippen LogP contribution in [0.1, 0.15) is 46.9 Å². The van der Waals surface area contributed by atoms with Crippen molar-refractivity contribution >= 4 is 23.1 Å². The number of hydrogen-bond acceptors (Lipinski definition) is 6. The summed E-state index contributed by atoms with van der Waals surface area (Å²) in [4.78, 5) is 23.6. The molecule has 0 aliphatic carbocycles. The fourth-order valence-corrected chi connectivity index (χ4v) is 4.81. The van der Waals surface area contributed by atoms with Crippen LogP contribution in [0.5, 0.6) is 0 Å². The molecule has 41 heavy (non-hydrogen) atoms. The Hall–Kier alpha value is -5.00. The summed E-state index contributed by atoms with van der Waals surface area (Å²) in [7, 11) is 0. The van der Waals surface area contributed by atoms with E-state index in [1.807, 2.05) is 65.6 Å². The van der Waals surface area contributed by atoms with Gasteiger partial charge in [-0.2, -0.15) is 5.10 Å². The Morgan fingerprint density at radius 2 is 1.76 bits per heavy atom. The van der Waals surface area contributed by atoms with E-state index in [2.05, 4.69) is 53.1 Å². The highest BCUT2D eigenvalue weighted by Crippen LogP contribution is 2.26. The highest BCUT2D eigenvalue weighted by molar-refractivity contribution is 5.94. The molecule has 1 saturated heterocycles. The molecule has 204 valence electrons. The number of hydrogen-bond donors (Lipinski definition) is 1. The van der Waals surface area contributed by atoms with E-state index in [1.54, 1.807) is 16.9 Å². The molecule has 6 rings (SSSR count). The molecule has 8 heteroatoms. The molecule has 0 saturated carbocycles. The van der Waals surface area contributed by atoms with Crippen molar-refractivity contribution in [2.24, 2.45) is 0 Å². The van der Waals surface area contributed by atoms with Gasteiger partial charge in [0.2, 0.25) is 0 Å². The number of aromatic nitrogens is 4. The molecule has 4 heterocycles. The summed E-state index contributed by atoms with van der Waals surface area (Å²) in [6.45, 7) is 6.74. The molecule has 2 aromatic carbocycles. The van der Waals surface area contributed by atoms with E-state index >= 15 is 0 Å². The minimum atomic E-state index is 0.0223. The van der Waals surface area contributed by atoms with Gasteiger partial charge >= 0.3 is 0 Å². The zero-order chi connectivity index (χ0) is 28.2. The molecule has 0 spiro atoms. The second-order valence-electron chi connectivity index (χ2n) is 10.2. The summed E-state index contributed by atoms with van der Waals surface area (Å²) >= 11 is 0. The van der Waals surface area contributed by atoms with E-state index in [1.165, 1.54) is 5.56 Å². The monoisotopic (exact) mass is 542 g/mol. The molecule has 0 unspecified atom stereocenters. The van der Waals surface area contributed by atoms with Gasteiger partial charge in [-0.1, -0.05) is 50.1 Å². The third-order valence-corrected chi connectivity index (χ3v) is 7.03. The van der Waals surface area contributed by atoms with E-state index in [-0.39, 0.29) is 5.91 Å². The Bertz CT molecular complexity index is 1760. The maximum Gasteiger partial charge on any atom is 0.254 e. The van der Waals surface area contributed by atoms with Crippen LogP contribution in [0.4, 0.5) is 11.5 Å². The third-order valence-electron chi connectivity index (χ3n) is 7.03. The molecular weight excluding hydrogens is 512 g/mol. The summed E-state index contributed by atoms with van der Waals surface area (Å²) in [5, 5.41) is 8.23. The predicted octanol–water partition coefficient (Wildman–Crippen LogP) is 5.53. The Morgan fingerprint density at radius 1 is 0.951 bits per heavy atom. The molecule has 0 radical (unpaired) electrons. The van der Waals surface area contributed by atoms with E-state index in [0.717, 1.165) is 28.3 Å². The molecule has 5 aromatic rings. The number of fused-ring (bicyclic) bond motifs is 1. The second kappa shape index (κ2) is 11.6. The van der Waals surface area contributed by atoms with Crippen LogP contribution in [0, 0.1) is 11.8 Å². The first-order valence-electron chi connectivity index (χ1n) is 13.7. The molecule has 1 N–H and O–H groups in total. The summed E-state index contributed by atoms with van der Waals surface area (Å²) in [6, 6.07) is 23.5. The van der Waals surface area contributed by atoms with Crippen molar-refractivity contribution in [3.63, 3.8) is 0 Å². The van der Waals surface area contributed by atoms with Gasteiger partial charge in [-0.25, -0.2) is 14.5 Å². The van der Waals surface area contributed by atoms with Crippen LogP contribution in [0.25, 0.3) is 16.9 Å². The third kappa shape index (κ3) is 5.81. The zero-order valence-corrected chi connectivity index (χ0v) is 23.0. The number of pyridine rings is 1. The van der Waals surface area contributed by atoms with Crippen molar-refractivity contribution in [3.05, 3.63) is 108 Å². The molecule has 3 aromatic heterocycles. The maximum absolute atomic E-state index is 12.8. The lowest BCUT2D eigenvalue weighted by Gasteiger charge is -2.26. The quantitative estimate of drug-likeness (QED) is 0.294. The fourth-order valence-electron chi connectivity index (χ4n) is 4.81. The topological polar surface area (TPSA) is 84.7 Å². The average molecular weight is 543 g/mol. The lowest BCUT2D eigenvalue weighted by molar-refractivity contribution is 0.0303. The summed E-state index contributed by atoms with van der Waals surface area (Å²) in [5.74, 6) is 7.60. The van der Waals surface area contributed by atoms with Gasteiger partial charge in [0.25, 0.3) is 5.91 Å². The van der Waals surface area contributed by atoms with Crippen molar-refractivity contribution in [1.82, 2.24) is 24.5 Å². The van der Waals surface area contributed by atoms with Crippen molar-refractivity contribution in [3.8, 4) is 23.1 Å². The average Bonchev–Trinajstić information content (AvgIpc) is 3.43. The van der Waals surface area contributed by atoms with Gasteiger partial charge in [0.15, 0.2) is 5.65 Å².